The molecule has 0 spiro atoms. The average molecular weight is 361 g/mol. The summed E-state index contributed by atoms with van der Waals surface area (Å²) in [6.07, 6.45) is 0. The van der Waals surface area contributed by atoms with Gasteiger partial charge in [-0.05, 0) is 52.7 Å². The van der Waals surface area contributed by atoms with Gasteiger partial charge in [0.25, 0.3) is 10.0 Å². The van der Waals surface area contributed by atoms with Gasteiger partial charge in [-0.15, -0.1) is 0 Å². The number of hydrogen-bond acceptors (Lipinski definition) is 2. The predicted octanol–water partition coefficient (Wildman–Crippen LogP) is 4.21. The van der Waals surface area contributed by atoms with Crippen LogP contribution in [-0.4, -0.2) is 8.42 Å². The van der Waals surface area contributed by atoms with Crippen molar-refractivity contribution in [2.24, 2.45) is 0 Å². The van der Waals surface area contributed by atoms with E-state index in [-0.39, 0.29) is 9.92 Å². The van der Waals surface area contributed by atoms with Gasteiger partial charge in [0, 0.05) is 4.47 Å². The van der Waals surface area contributed by atoms with Crippen molar-refractivity contribution in [1.29, 1.82) is 0 Å². The molecule has 0 saturated heterocycles. The number of rotatable bonds is 3. The molecular formula is C13H11BrClNO2S. The molecule has 0 amide bonds. The Balaban J connectivity index is 2.41. The van der Waals surface area contributed by atoms with Gasteiger partial charge in [0.15, 0.2) is 0 Å². The van der Waals surface area contributed by atoms with E-state index in [0.29, 0.717) is 10.2 Å². The van der Waals surface area contributed by atoms with E-state index in [9.17, 15) is 8.42 Å². The number of aryl methyl sites for hydroxylation is 1. The van der Waals surface area contributed by atoms with Crippen LogP contribution in [-0.2, 0) is 10.0 Å². The first-order valence-corrected chi connectivity index (χ1v) is 8.09. The molecule has 0 atom stereocenters. The molecule has 6 heteroatoms. The first kappa shape index (κ1) is 14.4. The second-order valence-corrected chi connectivity index (χ2v) is 6.93. The molecule has 0 aliphatic carbocycles. The molecule has 0 unspecified atom stereocenters. The smallest absolute Gasteiger partial charge is 0.263 e. The van der Waals surface area contributed by atoms with E-state index in [0.717, 1.165) is 5.56 Å². The Labute approximate surface area is 125 Å². The number of hydrogen-bond donors (Lipinski definition) is 1. The van der Waals surface area contributed by atoms with Crippen molar-refractivity contribution in [3.8, 4) is 0 Å². The van der Waals surface area contributed by atoms with Crippen LogP contribution in [0.3, 0.4) is 0 Å². The molecule has 0 bridgehead atoms. The zero-order chi connectivity index (χ0) is 14.0. The Morgan fingerprint density at radius 3 is 2.47 bits per heavy atom. The topological polar surface area (TPSA) is 46.2 Å². The van der Waals surface area contributed by atoms with E-state index >= 15 is 0 Å². The molecule has 1 N–H and O–H groups in total. The van der Waals surface area contributed by atoms with Crippen LogP contribution < -0.4 is 4.72 Å². The fraction of sp³-hybridized carbons (Fsp3) is 0.0769. The third kappa shape index (κ3) is 3.29. The van der Waals surface area contributed by atoms with E-state index < -0.39 is 10.0 Å². The van der Waals surface area contributed by atoms with Crippen molar-refractivity contribution in [2.45, 2.75) is 11.8 Å². The Bertz CT molecular complexity index is 716. The van der Waals surface area contributed by atoms with E-state index in [4.69, 9.17) is 11.6 Å². The second-order valence-electron chi connectivity index (χ2n) is 4.02. The minimum absolute atomic E-state index is 0.0653. The molecule has 0 aliphatic rings. The fourth-order valence-electron chi connectivity index (χ4n) is 1.57. The van der Waals surface area contributed by atoms with Crippen LogP contribution in [0.25, 0.3) is 0 Å². The second kappa shape index (κ2) is 5.53. The summed E-state index contributed by atoms with van der Waals surface area (Å²) in [5, 5.41) is 0.208. The molecular weight excluding hydrogens is 350 g/mol. The van der Waals surface area contributed by atoms with E-state index in [2.05, 4.69) is 20.7 Å². The molecule has 3 nitrogen and oxygen atoms in total. The van der Waals surface area contributed by atoms with Crippen molar-refractivity contribution in [1.82, 2.24) is 0 Å². The van der Waals surface area contributed by atoms with Crippen molar-refractivity contribution in [2.75, 3.05) is 4.72 Å². The molecule has 0 heterocycles. The number of benzene rings is 2. The Hall–Kier alpha value is -1.04. The summed E-state index contributed by atoms with van der Waals surface area (Å²) in [5.41, 5.74) is 1.38. The summed E-state index contributed by atoms with van der Waals surface area (Å²) < 4.78 is 27.7. The van der Waals surface area contributed by atoms with Crippen molar-refractivity contribution >= 4 is 43.2 Å². The van der Waals surface area contributed by atoms with Gasteiger partial charge in [-0.25, -0.2) is 8.42 Å². The lowest BCUT2D eigenvalue weighted by Crippen LogP contribution is -2.13. The van der Waals surface area contributed by atoms with Gasteiger partial charge >= 0.3 is 0 Å². The Morgan fingerprint density at radius 1 is 1.16 bits per heavy atom. The number of para-hydroxylation sites is 1. The van der Waals surface area contributed by atoms with Crippen LogP contribution in [0.5, 0.6) is 0 Å². The maximum atomic E-state index is 12.3. The van der Waals surface area contributed by atoms with Crippen LogP contribution in [0.1, 0.15) is 5.56 Å². The largest absolute Gasteiger partial charge is 0.278 e. The molecule has 0 saturated carbocycles. The van der Waals surface area contributed by atoms with Crippen LogP contribution in [0.2, 0.25) is 5.02 Å². The first-order chi connectivity index (χ1) is 8.90. The highest BCUT2D eigenvalue weighted by Crippen LogP contribution is 2.28. The standard InChI is InChI=1S/C13H11BrClNO2S/c1-9-6-7-13(11(15)8-9)19(17,18)16-12-5-3-2-4-10(12)14/h2-8,16H,1H3. The number of anilines is 1. The van der Waals surface area contributed by atoms with Gasteiger partial charge in [0.05, 0.1) is 10.7 Å². The summed E-state index contributed by atoms with van der Waals surface area (Å²) in [6.45, 7) is 1.85. The normalized spacial score (nSPS) is 11.3. The van der Waals surface area contributed by atoms with Gasteiger partial charge in [-0.3, -0.25) is 4.72 Å². The molecule has 2 rings (SSSR count). The summed E-state index contributed by atoms with van der Waals surface area (Å²) >= 11 is 9.28. The van der Waals surface area contributed by atoms with E-state index in [1.807, 2.05) is 6.92 Å². The zero-order valence-electron chi connectivity index (χ0n) is 10.0. The van der Waals surface area contributed by atoms with Gasteiger partial charge in [-0.1, -0.05) is 29.8 Å². The van der Waals surface area contributed by atoms with Crippen molar-refractivity contribution < 1.29 is 8.42 Å². The maximum Gasteiger partial charge on any atom is 0.263 e. The van der Waals surface area contributed by atoms with Crippen molar-refractivity contribution in [3.05, 3.63) is 57.5 Å². The molecule has 2 aromatic rings. The number of nitrogens with one attached hydrogen (secondary N) is 1. The highest BCUT2D eigenvalue weighted by Gasteiger charge is 2.18. The number of sulfonamides is 1. The molecule has 19 heavy (non-hydrogen) atoms. The lowest BCUT2D eigenvalue weighted by atomic mass is 10.2. The third-order valence-electron chi connectivity index (χ3n) is 2.50. The minimum atomic E-state index is -3.70. The molecule has 0 radical (unpaired) electrons. The molecule has 100 valence electrons. The quantitative estimate of drug-likeness (QED) is 0.891. The Kier molecular flexibility index (Phi) is 4.18. The summed E-state index contributed by atoms with van der Waals surface area (Å²) in [5.74, 6) is 0. The summed E-state index contributed by atoms with van der Waals surface area (Å²) in [6, 6.07) is 11.8. The predicted molar refractivity (Wildman–Crippen MR) is 81.1 cm³/mol. The van der Waals surface area contributed by atoms with Crippen LogP contribution >= 0.6 is 27.5 Å². The lowest BCUT2D eigenvalue weighted by Gasteiger charge is -2.11. The van der Waals surface area contributed by atoms with Gasteiger partial charge < -0.3 is 0 Å². The molecule has 2 aromatic carbocycles. The average Bonchev–Trinajstić information content (AvgIpc) is 2.31. The van der Waals surface area contributed by atoms with Crippen molar-refractivity contribution in [3.63, 3.8) is 0 Å². The van der Waals surface area contributed by atoms with E-state index in [1.54, 1.807) is 36.4 Å². The number of halogens is 2. The zero-order valence-corrected chi connectivity index (χ0v) is 13.2. The molecule has 0 fully saturated rings. The van der Waals surface area contributed by atoms with E-state index in [1.165, 1.54) is 6.07 Å². The van der Waals surface area contributed by atoms with Gasteiger partial charge in [0.2, 0.25) is 0 Å². The third-order valence-corrected chi connectivity index (χ3v) is 5.04. The SMILES string of the molecule is Cc1ccc(S(=O)(=O)Nc2ccccc2Br)c(Cl)c1. The summed E-state index contributed by atoms with van der Waals surface area (Å²) in [7, 11) is -3.70. The maximum absolute atomic E-state index is 12.3. The monoisotopic (exact) mass is 359 g/mol. The highest BCUT2D eigenvalue weighted by molar-refractivity contribution is 9.10. The van der Waals surface area contributed by atoms with Gasteiger partial charge in [0.1, 0.15) is 4.90 Å². The minimum Gasteiger partial charge on any atom is -0.278 e. The fourth-order valence-corrected chi connectivity index (χ4v) is 3.76. The van der Waals surface area contributed by atoms with Crippen LogP contribution in [0, 0.1) is 6.92 Å². The Morgan fingerprint density at radius 2 is 1.84 bits per heavy atom. The highest BCUT2D eigenvalue weighted by atomic mass is 79.9. The van der Waals surface area contributed by atoms with Crippen LogP contribution in [0.15, 0.2) is 51.8 Å². The summed E-state index contributed by atoms with van der Waals surface area (Å²) in [4.78, 5) is 0.0653. The first-order valence-electron chi connectivity index (χ1n) is 5.43. The molecule has 0 aromatic heterocycles. The van der Waals surface area contributed by atoms with Gasteiger partial charge in [-0.2, -0.15) is 0 Å². The lowest BCUT2D eigenvalue weighted by molar-refractivity contribution is 0.601. The molecule has 0 aliphatic heterocycles. The van der Waals surface area contributed by atoms with Crippen LogP contribution in [0.4, 0.5) is 5.69 Å².